The number of carbonyl (C=O) groups excluding carboxylic acids is 3. The summed E-state index contributed by atoms with van der Waals surface area (Å²) in [6.07, 6.45) is 0.243. The van der Waals surface area contributed by atoms with E-state index in [0.29, 0.717) is 38.4 Å². The SMILES string of the molecule is Cc1ccc(NC(=O)CN2CCN(CC(=O)Nc3ccc(CC(N)C(=O)NCC(=O)O)cc3)CC2)cc1. The van der Waals surface area contributed by atoms with Crippen LogP contribution in [0.2, 0.25) is 0 Å². The summed E-state index contributed by atoms with van der Waals surface area (Å²) in [6, 6.07) is 13.8. The average Bonchev–Trinajstić information content (AvgIpc) is 2.86. The summed E-state index contributed by atoms with van der Waals surface area (Å²) in [4.78, 5) is 51.3. The Morgan fingerprint density at radius 1 is 0.838 bits per heavy atom. The van der Waals surface area contributed by atoms with Crippen molar-refractivity contribution in [3.05, 3.63) is 59.7 Å². The highest BCUT2D eigenvalue weighted by atomic mass is 16.4. The first kappa shape index (κ1) is 27.8. The van der Waals surface area contributed by atoms with Crippen LogP contribution in [0, 0.1) is 6.92 Å². The second-order valence-corrected chi connectivity index (χ2v) is 9.13. The zero-order valence-electron chi connectivity index (χ0n) is 20.9. The second-order valence-electron chi connectivity index (χ2n) is 9.13. The molecule has 1 fully saturated rings. The monoisotopic (exact) mass is 510 g/mol. The van der Waals surface area contributed by atoms with Crippen molar-refractivity contribution in [3.63, 3.8) is 0 Å². The Balaban J connectivity index is 1.35. The molecule has 3 rings (SSSR count). The molecule has 2 aromatic rings. The molecule has 1 heterocycles. The maximum atomic E-state index is 12.5. The third-order valence-electron chi connectivity index (χ3n) is 5.98. The number of hydrogen-bond acceptors (Lipinski definition) is 7. The molecule has 1 saturated heterocycles. The lowest BCUT2D eigenvalue weighted by Crippen LogP contribution is -2.50. The molecule has 198 valence electrons. The summed E-state index contributed by atoms with van der Waals surface area (Å²) in [6.45, 7) is 4.85. The van der Waals surface area contributed by atoms with Crippen LogP contribution in [-0.4, -0.2) is 90.5 Å². The van der Waals surface area contributed by atoms with Gasteiger partial charge in [-0.2, -0.15) is 0 Å². The molecular weight excluding hydrogens is 476 g/mol. The molecule has 0 spiro atoms. The minimum Gasteiger partial charge on any atom is -0.480 e. The van der Waals surface area contributed by atoms with Crippen molar-refractivity contribution in [3.8, 4) is 0 Å². The highest BCUT2D eigenvalue weighted by molar-refractivity contribution is 5.93. The van der Waals surface area contributed by atoms with Gasteiger partial charge in [-0.15, -0.1) is 0 Å². The van der Waals surface area contributed by atoms with Gasteiger partial charge in [0.2, 0.25) is 17.7 Å². The number of aliphatic carboxylic acids is 1. The van der Waals surface area contributed by atoms with Gasteiger partial charge in [-0.25, -0.2) is 0 Å². The minimum absolute atomic E-state index is 0.0552. The van der Waals surface area contributed by atoms with Gasteiger partial charge < -0.3 is 26.8 Å². The Hall–Kier alpha value is -3.80. The Kier molecular flexibility index (Phi) is 10.1. The molecule has 1 unspecified atom stereocenters. The van der Waals surface area contributed by atoms with E-state index < -0.39 is 24.5 Å². The first-order chi connectivity index (χ1) is 17.7. The largest absolute Gasteiger partial charge is 0.480 e. The van der Waals surface area contributed by atoms with Crippen molar-refractivity contribution >= 4 is 35.1 Å². The number of rotatable bonds is 11. The molecule has 3 amide bonds. The smallest absolute Gasteiger partial charge is 0.322 e. The van der Waals surface area contributed by atoms with Gasteiger partial charge >= 0.3 is 5.97 Å². The van der Waals surface area contributed by atoms with Crippen LogP contribution in [0.4, 0.5) is 11.4 Å². The van der Waals surface area contributed by atoms with E-state index in [2.05, 4.69) is 20.9 Å². The fourth-order valence-electron chi connectivity index (χ4n) is 3.91. The first-order valence-corrected chi connectivity index (χ1v) is 12.1. The number of hydrogen-bond donors (Lipinski definition) is 5. The number of nitrogens with two attached hydrogens (primary N) is 1. The Bertz CT molecular complexity index is 1080. The molecule has 0 saturated carbocycles. The van der Waals surface area contributed by atoms with Crippen molar-refractivity contribution in [2.24, 2.45) is 5.73 Å². The normalized spacial score (nSPS) is 15.0. The van der Waals surface area contributed by atoms with Crippen molar-refractivity contribution in [1.82, 2.24) is 15.1 Å². The summed E-state index contributed by atoms with van der Waals surface area (Å²) in [5, 5.41) is 16.7. The van der Waals surface area contributed by atoms with Crippen LogP contribution in [0.5, 0.6) is 0 Å². The van der Waals surface area contributed by atoms with Crippen LogP contribution in [0.1, 0.15) is 11.1 Å². The Labute approximate surface area is 216 Å². The quantitative estimate of drug-likeness (QED) is 0.288. The molecule has 11 nitrogen and oxygen atoms in total. The van der Waals surface area contributed by atoms with E-state index in [-0.39, 0.29) is 24.8 Å². The van der Waals surface area contributed by atoms with Crippen LogP contribution in [0.3, 0.4) is 0 Å². The van der Waals surface area contributed by atoms with E-state index in [1.807, 2.05) is 36.1 Å². The fraction of sp³-hybridized carbons (Fsp3) is 0.385. The fourth-order valence-corrected chi connectivity index (χ4v) is 3.91. The van der Waals surface area contributed by atoms with Gasteiger partial charge in [0, 0.05) is 37.6 Å². The molecule has 1 atom stereocenters. The molecule has 37 heavy (non-hydrogen) atoms. The highest BCUT2D eigenvalue weighted by Crippen LogP contribution is 2.12. The van der Waals surface area contributed by atoms with E-state index in [1.165, 1.54) is 0 Å². The standard InChI is InChI=1S/C26H34N6O5/c1-18-2-6-20(7-3-18)29-23(33)16-31-10-12-32(13-11-31)17-24(34)30-21-8-4-19(5-9-21)14-22(27)26(37)28-15-25(35)36/h2-9,22H,10-17,27H2,1H3,(H,28,37)(H,29,33)(H,30,34)(H,35,36). The van der Waals surface area contributed by atoms with Gasteiger partial charge in [0.1, 0.15) is 6.54 Å². The number of nitrogens with zero attached hydrogens (tertiary/aromatic N) is 2. The summed E-state index contributed by atoms with van der Waals surface area (Å²) in [5.74, 6) is -1.86. The third-order valence-corrected chi connectivity index (χ3v) is 5.98. The summed E-state index contributed by atoms with van der Waals surface area (Å²) in [7, 11) is 0. The average molecular weight is 511 g/mol. The molecule has 1 aliphatic rings. The number of amides is 3. The van der Waals surface area contributed by atoms with Gasteiger partial charge in [-0.05, 0) is 43.2 Å². The summed E-state index contributed by atoms with van der Waals surface area (Å²) in [5.41, 5.74) is 9.16. The number of aryl methyl sites for hydroxylation is 1. The predicted octanol–water partition coefficient (Wildman–Crippen LogP) is 0.260. The van der Waals surface area contributed by atoms with Crippen molar-refractivity contribution in [1.29, 1.82) is 0 Å². The molecule has 0 aliphatic carbocycles. The van der Waals surface area contributed by atoms with Gasteiger partial charge in [-0.1, -0.05) is 29.8 Å². The Morgan fingerprint density at radius 3 is 1.76 bits per heavy atom. The molecule has 0 aromatic heterocycles. The molecule has 6 N–H and O–H groups in total. The third kappa shape index (κ3) is 9.64. The van der Waals surface area contributed by atoms with Gasteiger partial charge in [0.05, 0.1) is 19.1 Å². The summed E-state index contributed by atoms with van der Waals surface area (Å²) >= 11 is 0. The van der Waals surface area contributed by atoms with E-state index >= 15 is 0 Å². The second kappa shape index (κ2) is 13.5. The zero-order valence-corrected chi connectivity index (χ0v) is 20.9. The van der Waals surface area contributed by atoms with E-state index in [1.54, 1.807) is 24.3 Å². The number of carboxylic acid groups (broad SMARTS) is 1. The molecule has 1 aliphatic heterocycles. The molecule has 2 aromatic carbocycles. The number of nitrogens with one attached hydrogen (secondary N) is 3. The van der Waals surface area contributed by atoms with E-state index in [4.69, 9.17) is 10.8 Å². The molecule has 0 radical (unpaired) electrons. The lowest BCUT2D eigenvalue weighted by atomic mass is 10.1. The van der Waals surface area contributed by atoms with Crippen LogP contribution >= 0.6 is 0 Å². The zero-order chi connectivity index (χ0) is 26.8. The molecule has 11 heteroatoms. The van der Waals surface area contributed by atoms with Gasteiger partial charge in [-0.3, -0.25) is 29.0 Å². The molecular formula is C26H34N6O5. The van der Waals surface area contributed by atoms with Crippen molar-refractivity contribution in [2.45, 2.75) is 19.4 Å². The molecule has 0 bridgehead atoms. The predicted molar refractivity (Wildman–Crippen MR) is 140 cm³/mol. The number of piperazine rings is 1. The Morgan fingerprint density at radius 2 is 1.30 bits per heavy atom. The maximum absolute atomic E-state index is 12.5. The number of carbonyl (C=O) groups is 4. The van der Waals surface area contributed by atoms with E-state index in [0.717, 1.165) is 16.8 Å². The van der Waals surface area contributed by atoms with Crippen LogP contribution in [0.15, 0.2) is 48.5 Å². The lowest BCUT2D eigenvalue weighted by Gasteiger charge is -2.33. The van der Waals surface area contributed by atoms with Crippen LogP contribution < -0.4 is 21.7 Å². The van der Waals surface area contributed by atoms with Gasteiger partial charge in [0.25, 0.3) is 0 Å². The topological polar surface area (TPSA) is 157 Å². The van der Waals surface area contributed by atoms with E-state index in [9.17, 15) is 19.2 Å². The maximum Gasteiger partial charge on any atom is 0.322 e. The number of carboxylic acids is 1. The van der Waals surface area contributed by atoms with Crippen molar-refractivity contribution in [2.75, 3.05) is 56.4 Å². The van der Waals surface area contributed by atoms with Crippen LogP contribution in [-0.2, 0) is 25.6 Å². The highest BCUT2D eigenvalue weighted by Gasteiger charge is 2.21. The minimum atomic E-state index is -1.14. The first-order valence-electron chi connectivity index (χ1n) is 12.1. The summed E-state index contributed by atoms with van der Waals surface area (Å²) < 4.78 is 0. The number of benzene rings is 2. The lowest BCUT2D eigenvalue weighted by molar-refractivity contribution is -0.138. The number of anilines is 2. The van der Waals surface area contributed by atoms with Gasteiger partial charge in [0.15, 0.2) is 0 Å². The van der Waals surface area contributed by atoms with Crippen LogP contribution in [0.25, 0.3) is 0 Å². The van der Waals surface area contributed by atoms with Crippen molar-refractivity contribution < 1.29 is 24.3 Å².